The summed E-state index contributed by atoms with van der Waals surface area (Å²) in [6, 6.07) is 3.80. The lowest BCUT2D eigenvalue weighted by Crippen LogP contribution is -2.13. The lowest BCUT2D eigenvalue weighted by molar-refractivity contribution is 0.862. The number of hydrogen-bond acceptors (Lipinski definition) is 2. The highest BCUT2D eigenvalue weighted by Gasteiger charge is 2.02. The average molecular weight is 163 g/mol. The minimum absolute atomic E-state index is 0.0255. The van der Waals surface area contributed by atoms with Crippen LogP contribution in [0.15, 0.2) is 18.3 Å². The highest BCUT2D eigenvalue weighted by molar-refractivity contribution is 5.93. The van der Waals surface area contributed by atoms with Crippen LogP contribution in [-0.2, 0) is 0 Å². The molecule has 0 radical (unpaired) electrons. The van der Waals surface area contributed by atoms with E-state index in [4.69, 9.17) is 11.1 Å². The van der Waals surface area contributed by atoms with Crippen molar-refractivity contribution in [2.45, 2.75) is 19.8 Å². The van der Waals surface area contributed by atoms with E-state index in [0.29, 0.717) is 11.6 Å². The second-order valence-corrected chi connectivity index (χ2v) is 3.04. The van der Waals surface area contributed by atoms with Crippen LogP contribution in [0.1, 0.15) is 31.0 Å². The summed E-state index contributed by atoms with van der Waals surface area (Å²) < 4.78 is 0. The van der Waals surface area contributed by atoms with Gasteiger partial charge in [-0.15, -0.1) is 0 Å². The molecule has 1 heterocycles. The van der Waals surface area contributed by atoms with Crippen molar-refractivity contribution in [3.8, 4) is 0 Å². The van der Waals surface area contributed by atoms with Crippen LogP contribution in [-0.4, -0.2) is 10.8 Å². The third kappa shape index (κ3) is 1.81. The molecule has 0 aliphatic rings. The van der Waals surface area contributed by atoms with E-state index in [9.17, 15) is 0 Å². The van der Waals surface area contributed by atoms with Gasteiger partial charge in [-0.1, -0.05) is 13.8 Å². The molecule has 0 aromatic carbocycles. The van der Waals surface area contributed by atoms with E-state index in [1.165, 1.54) is 0 Å². The summed E-state index contributed by atoms with van der Waals surface area (Å²) in [6.45, 7) is 4.19. The van der Waals surface area contributed by atoms with Crippen molar-refractivity contribution in [3.63, 3.8) is 0 Å². The molecule has 0 saturated heterocycles. The Morgan fingerprint density at radius 2 is 2.25 bits per heavy atom. The fraction of sp³-hybridized carbons (Fsp3) is 0.333. The summed E-state index contributed by atoms with van der Waals surface area (Å²) in [7, 11) is 0. The molecule has 64 valence electrons. The van der Waals surface area contributed by atoms with Crippen LogP contribution < -0.4 is 5.73 Å². The van der Waals surface area contributed by atoms with Gasteiger partial charge in [0, 0.05) is 6.20 Å². The number of nitrogens with one attached hydrogen (secondary N) is 1. The molecule has 3 nitrogen and oxygen atoms in total. The SMILES string of the molecule is CC(C)c1ccnc(C(=N)N)c1. The zero-order chi connectivity index (χ0) is 9.14. The molecule has 0 aliphatic carbocycles. The molecule has 1 aromatic rings. The van der Waals surface area contributed by atoms with Gasteiger partial charge in [0.2, 0.25) is 0 Å². The van der Waals surface area contributed by atoms with Crippen LogP contribution >= 0.6 is 0 Å². The van der Waals surface area contributed by atoms with Gasteiger partial charge in [0.25, 0.3) is 0 Å². The van der Waals surface area contributed by atoms with Gasteiger partial charge in [0.1, 0.15) is 11.5 Å². The van der Waals surface area contributed by atoms with E-state index in [-0.39, 0.29) is 5.84 Å². The Balaban J connectivity index is 3.04. The average Bonchev–Trinajstić information content (AvgIpc) is 2.04. The Morgan fingerprint density at radius 1 is 1.58 bits per heavy atom. The minimum atomic E-state index is 0.0255. The fourth-order valence-electron chi connectivity index (χ4n) is 0.953. The van der Waals surface area contributed by atoms with Crippen molar-refractivity contribution >= 4 is 5.84 Å². The minimum Gasteiger partial charge on any atom is -0.382 e. The highest BCUT2D eigenvalue weighted by atomic mass is 14.8. The molecule has 3 N–H and O–H groups in total. The van der Waals surface area contributed by atoms with Gasteiger partial charge in [0.05, 0.1) is 0 Å². The Morgan fingerprint density at radius 3 is 2.75 bits per heavy atom. The zero-order valence-electron chi connectivity index (χ0n) is 7.33. The van der Waals surface area contributed by atoms with E-state index >= 15 is 0 Å². The maximum atomic E-state index is 7.19. The first-order valence-electron chi connectivity index (χ1n) is 3.91. The molecule has 12 heavy (non-hydrogen) atoms. The first kappa shape index (κ1) is 8.71. The van der Waals surface area contributed by atoms with E-state index in [1.807, 2.05) is 12.1 Å². The van der Waals surface area contributed by atoms with Crippen LogP contribution in [0, 0.1) is 5.41 Å². The van der Waals surface area contributed by atoms with E-state index in [1.54, 1.807) is 6.20 Å². The van der Waals surface area contributed by atoms with Crippen molar-refractivity contribution < 1.29 is 0 Å². The third-order valence-corrected chi connectivity index (χ3v) is 1.73. The van der Waals surface area contributed by atoms with Gasteiger partial charge < -0.3 is 5.73 Å². The van der Waals surface area contributed by atoms with E-state index < -0.39 is 0 Å². The van der Waals surface area contributed by atoms with Gasteiger partial charge in [-0.25, -0.2) is 0 Å². The highest BCUT2D eigenvalue weighted by Crippen LogP contribution is 2.13. The smallest absolute Gasteiger partial charge is 0.141 e. The second kappa shape index (κ2) is 3.34. The molecule has 0 bridgehead atoms. The number of nitrogens with two attached hydrogens (primary N) is 1. The van der Waals surface area contributed by atoms with E-state index in [0.717, 1.165) is 5.56 Å². The Bertz CT molecular complexity index is 292. The van der Waals surface area contributed by atoms with Gasteiger partial charge in [-0.2, -0.15) is 0 Å². The Hall–Kier alpha value is -1.38. The molecular weight excluding hydrogens is 150 g/mol. The summed E-state index contributed by atoms with van der Waals surface area (Å²) in [5.41, 5.74) is 7.02. The standard InChI is InChI=1S/C9H13N3/c1-6(2)7-3-4-12-8(5-7)9(10)11/h3-6H,1-2H3,(H3,10,11). The maximum Gasteiger partial charge on any atom is 0.141 e. The van der Waals surface area contributed by atoms with Gasteiger partial charge in [-0.3, -0.25) is 10.4 Å². The van der Waals surface area contributed by atoms with Crippen molar-refractivity contribution in [3.05, 3.63) is 29.6 Å². The number of pyridine rings is 1. The number of nitrogen functional groups attached to an aromatic ring is 1. The lowest BCUT2D eigenvalue weighted by atomic mass is 10.0. The summed E-state index contributed by atoms with van der Waals surface area (Å²) in [4.78, 5) is 3.97. The number of amidine groups is 1. The van der Waals surface area contributed by atoms with Gasteiger partial charge >= 0.3 is 0 Å². The van der Waals surface area contributed by atoms with Crippen LogP contribution in [0.3, 0.4) is 0 Å². The topological polar surface area (TPSA) is 62.8 Å². The molecule has 0 fully saturated rings. The first-order chi connectivity index (χ1) is 5.61. The Labute approximate surface area is 72.1 Å². The summed E-state index contributed by atoms with van der Waals surface area (Å²) in [5, 5.41) is 7.19. The van der Waals surface area contributed by atoms with Gasteiger partial charge in [0.15, 0.2) is 0 Å². The van der Waals surface area contributed by atoms with Crippen LogP contribution in [0.4, 0.5) is 0 Å². The molecule has 3 heteroatoms. The van der Waals surface area contributed by atoms with Crippen molar-refractivity contribution in [2.24, 2.45) is 5.73 Å². The molecule has 0 amide bonds. The summed E-state index contributed by atoms with van der Waals surface area (Å²) in [6.07, 6.45) is 1.69. The summed E-state index contributed by atoms with van der Waals surface area (Å²) in [5.74, 6) is 0.476. The predicted octanol–water partition coefficient (Wildman–Crippen LogP) is 1.49. The quantitative estimate of drug-likeness (QED) is 0.512. The second-order valence-electron chi connectivity index (χ2n) is 3.04. The first-order valence-corrected chi connectivity index (χ1v) is 3.91. The van der Waals surface area contributed by atoms with Crippen molar-refractivity contribution in [2.75, 3.05) is 0 Å². The molecule has 1 aromatic heterocycles. The summed E-state index contributed by atoms with van der Waals surface area (Å²) >= 11 is 0. The molecule has 0 unspecified atom stereocenters. The molecule has 0 aliphatic heterocycles. The molecule has 0 saturated carbocycles. The molecule has 1 rings (SSSR count). The molecular formula is C9H13N3. The van der Waals surface area contributed by atoms with Crippen molar-refractivity contribution in [1.82, 2.24) is 4.98 Å². The largest absolute Gasteiger partial charge is 0.382 e. The van der Waals surface area contributed by atoms with Crippen LogP contribution in [0.5, 0.6) is 0 Å². The maximum absolute atomic E-state index is 7.19. The molecule has 0 atom stereocenters. The number of rotatable bonds is 2. The van der Waals surface area contributed by atoms with E-state index in [2.05, 4.69) is 18.8 Å². The lowest BCUT2D eigenvalue weighted by Gasteiger charge is -2.05. The normalized spacial score (nSPS) is 10.2. The zero-order valence-corrected chi connectivity index (χ0v) is 7.33. The van der Waals surface area contributed by atoms with Crippen molar-refractivity contribution in [1.29, 1.82) is 5.41 Å². The third-order valence-electron chi connectivity index (χ3n) is 1.73. The number of hydrogen-bond donors (Lipinski definition) is 2. The number of aromatic nitrogens is 1. The number of nitrogens with zero attached hydrogens (tertiary/aromatic N) is 1. The van der Waals surface area contributed by atoms with Crippen LogP contribution in [0.25, 0.3) is 0 Å². The monoisotopic (exact) mass is 163 g/mol. The fourth-order valence-corrected chi connectivity index (χ4v) is 0.953. The van der Waals surface area contributed by atoms with Crippen LogP contribution in [0.2, 0.25) is 0 Å². The predicted molar refractivity (Wildman–Crippen MR) is 49.3 cm³/mol. The Kier molecular flexibility index (Phi) is 2.43. The van der Waals surface area contributed by atoms with Gasteiger partial charge in [-0.05, 0) is 23.6 Å². The molecule has 0 spiro atoms.